The molecule has 3 aromatic rings. The second-order valence-corrected chi connectivity index (χ2v) is 6.61. The van der Waals surface area contributed by atoms with Crippen molar-refractivity contribution >= 4 is 28.1 Å². The number of nitro groups is 1. The molecule has 9 heteroatoms. The highest BCUT2D eigenvalue weighted by atomic mass is 16.6. The van der Waals surface area contributed by atoms with E-state index in [1.54, 1.807) is 18.3 Å². The van der Waals surface area contributed by atoms with Crippen molar-refractivity contribution in [2.45, 2.75) is 6.42 Å². The number of nitro benzene ring substituents is 1. The van der Waals surface area contributed by atoms with Crippen LogP contribution in [0.2, 0.25) is 0 Å². The molecule has 28 heavy (non-hydrogen) atoms. The fourth-order valence-corrected chi connectivity index (χ4v) is 3.40. The smallest absolute Gasteiger partial charge is 0.293 e. The minimum Gasteiger partial charge on any atom is -0.369 e. The van der Waals surface area contributed by atoms with Gasteiger partial charge in [-0.05, 0) is 24.1 Å². The Hall–Kier alpha value is -3.33. The highest BCUT2D eigenvalue weighted by Gasteiger charge is 2.23. The predicted molar refractivity (Wildman–Crippen MR) is 108 cm³/mol. The number of hydrogen-bond acceptors (Lipinski definition) is 8. The fraction of sp³-hybridized carbons (Fsp3) is 0.316. The van der Waals surface area contributed by atoms with Crippen molar-refractivity contribution in [2.24, 2.45) is 0 Å². The zero-order valence-corrected chi connectivity index (χ0v) is 15.3. The first-order valence-electron chi connectivity index (χ1n) is 9.24. The Morgan fingerprint density at radius 1 is 1.25 bits per heavy atom. The topological polar surface area (TPSA) is 109 Å². The Morgan fingerprint density at radius 3 is 2.86 bits per heavy atom. The molecular weight excluding hydrogens is 358 g/mol. The number of rotatable bonds is 6. The maximum Gasteiger partial charge on any atom is 0.293 e. The molecule has 3 heterocycles. The molecular formula is C19H21N7O2. The lowest BCUT2D eigenvalue weighted by atomic mass is 10.1. The van der Waals surface area contributed by atoms with Gasteiger partial charge in [-0.2, -0.15) is 0 Å². The van der Waals surface area contributed by atoms with Gasteiger partial charge in [0.15, 0.2) is 0 Å². The fourth-order valence-electron chi connectivity index (χ4n) is 3.40. The first kappa shape index (κ1) is 18.1. The summed E-state index contributed by atoms with van der Waals surface area (Å²) in [6.45, 7) is 3.71. The van der Waals surface area contributed by atoms with Crippen molar-refractivity contribution < 1.29 is 4.92 Å². The first-order valence-corrected chi connectivity index (χ1v) is 9.24. The molecule has 0 atom stereocenters. The van der Waals surface area contributed by atoms with E-state index in [0.717, 1.165) is 38.2 Å². The Bertz CT molecular complexity index is 975. The van der Waals surface area contributed by atoms with E-state index in [9.17, 15) is 10.1 Å². The number of pyridine rings is 1. The van der Waals surface area contributed by atoms with Gasteiger partial charge in [-0.1, -0.05) is 6.07 Å². The highest BCUT2D eigenvalue weighted by Crippen LogP contribution is 2.34. The van der Waals surface area contributed by atoms with Gasteiger partial charge in [0.1, 0.15) is 17.8 Å². The molecule has 0 aliphatic carbocycles. The highest BCUT2D eigenvalue weighted by molar-refractivity contribution is 5.94. The lowest BCUT2D eigenvalue weighted by molar-refractivity contribution is -0.384. The number of nitrogens with one attached hydrogen (secondary N) is 2. The van der Waals surface area contributed by atoms with Gasteiger partial charge >= 0.3 is 0 Å². The second-order valence-electron chi connectivity index (χ2n) is 6.61. The predicted octanol–water partition coefficient (Wildman–Crippen LogP) is 2.00. The van der Waals surface area contributed by atoms with Gasteiger partial charge in [-0.25, -0.2) is 9.97 Å². The van der Waals surface area contributed by atoms with Crippen molar-refractivity contribution in [2.75, 3.05) is 42.9 Å². The van der Waals surface area contributed by atoms with Crippen LogP contribution in [0.25, 0.3) is 10.9 Å². The van der Waals surface area contributed by atoms with Crippen LogP contribution >= 0.6 is 0 Å². The van der Waals surface area contributed by atoms with E-state index < -0.39 is 0 Å². The van der Waals surface area contributed by atoms with Crippen LogP contribution < -0.4 is 15.5 Å². The van der Waals surface area contributed by atoms with Gasteiger partial charge < -0.3 is 15.5 Å². The molecule has 144 valence electrons. The summed E-state index contributed by atoms with van der Waals surface area (Å²) in [5.41, 5.74) is 2.50. The number of nitrogens with zero attached hydrogens (tertiary/aromatic N) is 5. The van der Waals surface area contributed by atoms with Gasteiger partial charge in [0.25, 0.3) is 5.69 Å². The summed E-state index contributed by atoms with van der Waals surface area (Å²) in [5.74, 6) is 0.601. The van der Waals surface area contributed by atoms with Crippen LogP contribution in [-0.4, -0.2) is 52.6 Å². The normalized spacial score (nSPS) is 14.2. The van der Waals surface area contributed by atoms with E-state index in [-0.39, 0.29) is 10.6 Å². The molecule has 0 radical (unpaired) electrons. The minimum atomic E-state index is -0.330. The van der Waals surface area contributed by atoms with Gasteiger partial charge in [-0.3, -0.25) is 15.1 Å². The van der Waals surface area contributed by atoms with Crippen LogP contribution in [-0.2, 0) is 6.42 Å². The lowest BCUT2D eigenvalue weighted by Gasteiger charge is -2.29. The van der Waals surface area contributed by atoms with Gasteiger partial charge in [-0.15, -0.1) is 0 Å². The molecule has 1 aliphatic heterocycles. The minimum absolute atomic E-state index is 0.0829. The number of benzene rings is 1. The number of piperazine rings is 1. The maximum atomic E-state index is 11.7. The van der Waals surface area contributed by atoms with Gasteiger partial charge in [0.05, 0.1) is 10.4 Å². The van der Waals surface area contributed by atoms with Crippen molar-refractivity contribution in [3.8, 4) is 0 Å². The lowest BCUT2D eigenvalue weighted by Crippen LogP contribution is -2.43. The largest absolute Gasteiger partial charge is 0.369 e. The Balaban J connectivity index is 1.63. The van der Waals surface area contributed by atoms with Crippen LogP contribution in [0.15, 0.2) is 43.0 Å². The maximum absolute atomic E-state index is 11.7. The SMILES string of the molecule is O=[N+]([O-])c1cc2c(NCCc3cccnc3)ncnc2cc1N1CCNCC1. The summed E-state index contributed by atoms with van der Waals surface area (Å²) >= 11 is 0. The van der Waals surface area contributed by atoms with E-state index in [1.165, 1.54) is 6.33 Å². The van der Waals surface area contributed by atoms with Gasteiger partial charge in [0.2, 0.25) is 0 Å². The molecule has 1 aromatic carbocycles. The van der Waals surface area contributed by atoms with Crippen LogP contribution in [0, 0.1) is 10.1 Å². The molecule has 0 spiro atoms. The molecule has 1 aliphatic rings. The van der Waals surface area contributed by atoms with Crippen LogP contribution in [0.1, 0.15) is 5.56 Å². The number of fused-ring (bicyclic) bond motifs is 1. The van der Waals surface area contributed by atoms with Gasteiger partial charge in [0, 0.05) is 56.6 Å². The average molecular weight is 379 g/mol. The third-order valence-corrected chi connectivity index (χ3v) is 4.81. The first-order chi connectivity index (χ1) is 13.7. The van der Waals surface area contributed by atoms with Crippen LogP contribution in [0.4, 0.5) is 17.2 Å². The quantitative estimate of drug-likeness (QED) is 0.494. The molecule has 9 nitrogen and oxygen atoms in total. The molecule has 2 aromatic heterocycles. The third-order valence-electron chi connectivity index (χ3n) is 4.81. The summed E-state index contributed by atoms with van der Waals surface area (Å²) in [5, 5.41) is 18.9. The van der Waals surface area contributed by atoms with E-state index in [2.05, 4.69) is 25.6 Å². The molecule has 0 unspecified atom stereocenters. The molecule has 2 N–H and O–H groups in total. The van der Waals surface area contributed by atoms with Crippen molar-refractivity contribution in [3.63, 3.8) is 0 Å². The Kier molecular flexibility index (Phi) is 5.24. The summed E-state index contributed by atoms with van der Waals surface area (Å²) in [4.78, 5) is 26.2. The zero-order valence-electron chi connectivity index (χ0n) is 15.3. The van der Waals surface area contributed by atoms with E-state index in [1.807, 2.05) is 23.2 Å². The molecule has 4 rings (SSSR count). The van der Waals surface area contributed by atoms with E-state index in [4.69, 9.17) is 0 Å². The average Bonchev–Trinajstić information content (AvgIpc) is 2.74. The standard InChI is InChI=1S/C19H21N7O2/c27-26(28)18-10-15-16(11-17(18)25-8-6-20-7-9-25)23-13-24-19(15)22-5-3-14-2-1-4-21-12-14/h1-2,4,10-13,20H,3,5-9H2,(H,22,23,24). The molecule has 1 saturated heterocycles. The summed E-state index contributed by atoms with van der Waals surface area (Å²) < 4.78 is 0. The monoisotopic (exact) mass is 379 g/mol. The second kappa shape index (κ2) is 8.13. The molecule has 1 fully saturated rings. The van der Waals surface area contributed by atoms with Crippen molar-refractivity contribution in [1.82, 2.24) is 20.3 Å². The summed E-state index contributed by atoms with van der Waals surface area (Å²) in [7, 11) is 0. The number of hydrogen-bond donors (Lipinski definition) is 2. The number of aromatic nitrogens is 3. The van der Waals surface area contributed by atoms with E-state index >= 15 is 0 Å². The van der Waals surface area contributed by atoms with E-state index in [0.29, 0.717) is 29.0 Å². The summed E-state index contributed by atoms with van der Waals surface area (Å²) in [6.07, 6.45) is 5.83. The third kappa shape index (κ3) is 3.84. The number of anilines is 2. The Labute approximate surface area is 162 Å². The Morgan fingerprint density at radius 2 is 2.11 bits per heavy atom. The molecule has 0 saturated carbocycles. The molecule has 0 amide bonds. The van der Waals surface area contributed by atoms with Crippen molar-refractivity contribution in [3.05, 3.63) is 58.7 Å². The van der Waals surface area contributed by atoms with Crippen LogP contribution in [0.5, 0.6) is 0 Å². The summed E-state index contributed by atoms with van der Waals surface area (Å²) in [6, 6.07) is 7.29. The van der Waals surface area contributed by atoms with Crippen LogP contribution in [0.3, 0.4) is 0 Å². The molecule has 0 bridgehead atoms. The zero-order chi connectivity index (χ0) is 19.3. The van der Waals surface area contributed by atoms with Crippen molar-refractivity contribution in [1.29, 1.82) is 0 Å².